The Morgan fingerprint density at radius 1 is 0.881 bits per heavy atom. The van der Waals surface area contributed by atoms with E-state index in [9.17, 15) is 9.59 Å². The van der Waals surface area contributed by atoms with Crippen molar-refractivity contribution in [3.05, 3.63) is 83.2 Å². The van der Waals surface area contributed by atoms with Gasteiger partial charge in [-0.05, 0) is 57.1 Å². The molecule has 0 spiro atoms. The molecule has 5 heteroatoms. The molecule has 2 aliphatic rings. The number of carbonyl (C=O) groups excluding carboxylic acids is 2. The van der Waals surface area contributed by atoms with Crippen LogP contribution >= 0.6 is 0 Å². The molecule has 1 aliphatic carbocycles. The Morgan fingerprint density at radius 3 is 1.98 bits per heavy atom. The van der Waals surface area contributed by atoms with Gasteiger partial charge in [-0.2, -0.15) is 0 Å². The summed E-state index contributed by atoms with van der Waals surface area (Å²) in [6.45, 7) is 20.5. The highest BCUT2D eigenvalue weighted by molar-refractivity contribution is 6.93. The van der Waals surface area contributed by atoms with Gasteiger partial charge < -0.3 is 4.74 Å². The molecule has 1 heterocycles. The maximum atomic E-state index is 14.4. The molecule has 1 aliphatic heterocycles. The van der Waals surface area contributed by atoms with Gasteiger partial charge in [0.05, 0.1) is 6.04 Å². The smallest absolute Gasteiger partial charge is 0.414 e. The normalized spacial score (nSPS) is 23.9. The summed E-state index contributed by atoms with van der Waals surface area (Å²) in [5, 5.41) is 0.907. The molecule has 1 saturated carbocycles. The Bertz CT molecular complexity index is 1230. The highest BCUT2D eigenvalue weighted by Gasteiger charge is 2.51. The van der Waals surface area contributed by atoms with E-state index in [-0.39, 0.29) is 35.4 Å². The zero-order valence-electron chi connectivity index (χ0n) is 27.4. The van der Waals surface area contributed by atoms with E-state index in [1.807, 2.05) is 36.5 Å². The van der Waals surface area contributed by atoms with Crippen LogP contribution in [0.4, 0.5) is 4.79 Å². The fourth-order valence-electron chi connectivity index (χ4n) is 8.66. The van der Waals surface area contributed by atoms with Gasteiger partial charge in [0.2, 0.25) is 0 Å². The van der Waals surface area contributed by atoms with Crippen LogP contribution < -0.4 is 0 Å². The average molecular weight is 588 g/mol. The number of ketones is 1. The standard InChI is InChI=1S/C37H53NO3Si/c1-25(2)42(26(3)4,27(5)6)35-24-38(32(23-33(35)39)29-16-12-10-13-17-29)36(40)41-34-22-28(7)20-21-31(34)37(8,9)30-18-14-11-15-19-30/h10-19,24-28,31-32,34H,20-23H2,1-9H3/t28-,31-,32+,34-/m1/s1. The summed E-state index contributed by atoms with van der Waals surface area (Å²) in [5.41, 5.74) is 3.22. The zero-order valence-corrected chi connectivity index (χ0v) is 28.4. The second-order valence-corrected chi connectivity index (χ2v) is 20.3. The van der Waals surface area contributed by atoms with Gasteiger partial charge in [0, 0.05) is 18.5 Å². The van der Waals surface area contributed by atoms with E-state index in [1.165, 1.54) is 5.56 Å². The van der Waals surface area contributed by atoms with E-state index >= 15 is 0 Å². The van der Waals surface area contributed by atoms with Gasteiger partial charge in [-0.1, -0.05) is 129 Å². The van der Waals surface area contributed by atoms with E-state index in [4.69, 9.17) is 4.74 Å². The highest BCUT2D eigenvalue weighted by Crippen LogP contribution is 2.50. The molecule has 0 radical (unpaired) electrons. The van der Waals surface area contributed by atoms with Gasteiger partial charge in [-0.15, -0.1) is 0 Å². The lowest BCUT2D eigenvalue weighted by molar-refractivity contribution is -0.116. The molecule has 2 aromatic rings. The monoisotopic (exact) mass is 587 g/mol. The Morgan fingerprint density at radius 2 is 1.43 bits per heavy atom. The van der Waals surface area contributed by atoms with Crippen LogP contribution in [0.2, 0.25) is 16.6 Å². The summed E-state index contributed by atoms with van der Waals surface area (Å²) in [7, 11) is -2.30. The molecule has 228 valence electrons. The van der Waals surface area contributed by atoms with E-state index < -0.39 is 8.07 Å². The van der Waals surface area contributed by atoms with E-state index in [0.29, 0.717) is 29.0 Å². The van der Waals surface area contributed by atoms with Crippen LogP contribution in [0.1, 0.15) is 105 Å². The lowest BCUT2D eigenvalue weighted by Crippen LogP contribution is -2.52. The van der Waals surface area contributed by atoms with Crippen LogP contribution in [0.3, 0.4) is 0 Å². The second kappa shape index (κ2) is 12.9. The number of allylic oxidation sites excluding steroid dienone is 1. The summed E-state index contributed by atoms with van der Waals surface area (Å²) in [4.78, 5) is 30.3. The van der Waals surface area contributed by atoms with Gasteiger partial charge >= 0.3 is 6.09 Å². The number of ether oxygens (including phenoxy) is 1. The molecule has 0 aromatic heterocycles. The first-order chi connectivity index (χ1) is 19.8. The zero-order chi connectivity index (χ0) is 30.8. The molecule has 4 rings (SSSR count). The number of benzene rings is 2. The van der Waals surface area contributed by atoms with Crippen molar-refractivity contribution in [1.29, 1.82) is 0 Å². The van der Waals surface area contributed by atoms with Gasteiger partial charge in [-0.3, -0.25) is 9.69 Å². The number of hydrogen-bond acceptors (Lipinski definition) is 3. The predicted molar refractivity (Wildman–Crippen MR) is 176 cm³/mol. The maximum Gasteiger partial charge on any atom is 0.414 e. The van der Waals surface area contributed by atoms with Crippen LogP contribution in [0.5, 0.6) is 0 Å². The Kier molecular flexibility index (Phi) is 9.92. The molecule has 4 atom stereocenters. The fraction of sp³-hybridized carbons (Fsp3) is 0.568. The van der Waals surface area contributed by atoms with Gasteiger partial charge in [0.15, 0.2) is 5.78 Å². The minimum Gasteiger partial charge on any atom is -0.446 e. The van der Waals surface area contributed by atoms with E-state index in [2.05, 4.69) is 92.6 Å². The van der Waals surface area contributed by atoms with Crippen molar-refractivity contribution in [3.8, 4) is 0 Å². The summed E-state index contributed by atoms with van der Waals surface area (Å²) >= 11 is 0. The van der Waals surface area contributed by atoms with Crippen molar-refractivity contribution in [2.75, 3.05) is 0 Å². The minimum absolute atomic E-state index is 0.140. The first kappa shape index (κ1) is 32.3. The molecule has 0 bridgehead atoms. The third kappa shape index (κ3) is 6.04. The maximum absolute atomic E-state index is 14.4. The predicted octanol–water partition coefficient (Wildman–Crippen LogP) is 10.0. The quantitative estimate of drug-likeness (QED) is 0.289. The van der Waals surface area contributed by atoms with Crippen LogP contribution in [-0.4, -0.2) is 31.0 Å². The number of nitrogens with zero attached hydrogens (tertiary/aromatic N) is 1. The molecule has 2 aromatic carbocycles. The molecular weight excluding hydrogens is 534 g/mol. The van der Waals surface area contributed by atoms with Crippen molar-refractivity contribution < 1.29 is 14.3 Å². The minimum atomic E-state index is -2.30. The first-order valence-electron chi connectivity index (χ1n) is 16.2. The van der Waals surface area contributed by atoms with Crippen LogP contribution in [-0.2, 0) is 14.9 Å². The van der Waals surface area contributed by atoms with Gasteiger partial charge in [0.25, 0.3) is 0 Å². The number of rotatable bonds is 8. The number of hydrogen-bond donors (Lipinski definition) is 0. The van der Waals surface area contributed by atoms with Crippen molar-refractivity contribution >= 4 is 20.0 Å². The molecule has 1 fully saturated rings. The summed E-state index contributed by atoms with van der Waals surface area (Å²) < 4.78 is 6.60. The molecule has 0 saturated heterocycles. The Labute approximate surface area is 255 Å². The van der Waals surface area contributed by atoms with Gasteiger partial charge in [0.1, 0.15) is 14.2 Å². The highest BCUT2D eigenvalue weighted by atomic mass is 28.3. The number of carbonyl (C=O) groups is 2. The first-order valence-corrected chi connectivity index (χ1v) is 18.4. The molecular formula is C37H53NO3Si. The summed E-state index contributed by atoms with van der Waals surface area (Å²) in [6, 6.07) is 20.3. The van der Waals surface area contributed by atoms with Gasteiger partial charge in [-0.25, -0.2) is 4.79 Å². The number of amides is 1. The van der Waals surface area contributed by atoms with Crippen LogP contribution in [0, 0.1) is 11.8 Å². The fourth-order valence-corrected chi connectivity index (χ4v) is 15.5. The van der Waals surface area contributed by atoms with Crippen molar-refractivity contribution in [2.45, 2.75) is 122 Å². The van der Waals surface area contributed by atoms with Crippen molar-refractivity contribution in [2.24, 2.45) is 11.8 Å². The Balaban J connectivity index is 1.77. The van der Waals surface area contributed by atoms with E-state index in [1.54, 1.807) is 4.90 Å². The van der Waals surface area contributed by atoms with E-state index in [0.717, 1.165) is 30.0 Å². The van der Waals surface area contributed by atoms with Crippen LogP contribution in [0.25, 0.3) is 0 Å². The number of Topliss-reactive ketones (excluding diaryl/α,β-unsaturated/α-hetero) is 1. The molecule has 0 N–H and O–H groups in total. The molecule has 1 amide bonds. The summed E-state index contributed by atoms with van der Waals surface area (Å²) in [6.07, 6.45) is 4.75. The Hall–Kier alpha value is -2.66. The van der Waals surface area contributed by atoms with Crippen molar-refractivity contribution in [1.82, 2.24) is 4.90 Å². The third-order valence-electron chi connectivity index (χ3n) is 10.8. The third-order valence-corrected chi connectivity index (χ3v) is 17.8. The molecule has 0 unspecified atom stereocenters. The molecule has 4 nitrogen and oxygen atoms in total. The lowest BCUT2D eigenvalue weighted by atomic mass is 9.64. The summed E-state index contributed by atoms with van der Waals surface area (Å²) in [5.74, 6) is 0.901. The molecule has 42 heavy (non-hydrogen) atoms. The average Bonchev–Trinajstić information content (AvgIpc) is 2.94. The lowest BCUT2D eigenvalue weighted by Gasteiger charge is -2.48. The largest absolute Gasteiger partial charge is 0.446 e. The van der Waals surface area contributed by atoms with Crippen molar-refractivity contribution in [3.63, 3.8) is 0 Å². The SMILES string of the molecule is CC(C)[Si](C1=CN(C(=O)O[C@@H]2C[C@H](C)CC[C@H]2C(C)(C)c2ccccc2)[C@H](c2ccccc2)CC1=O)(C(C)C)C(C)C. The second-order valence-electron chi connectivity index (χ2n) is 14.4. The topological polar surface area (TPSA) is 46.6 Å². The van der Waals surface area contributed by atoms with Crippen LogP contribution in [0.15, 0.2) is 72.1 Å².